The molecular weight excluding hydrogens is 258 g/mol. The number of aromatic nitrogens is 2. The minimum Gasteiger partial charge on any atom is -0.394 e. The van der Waals surface area contributed by atoms with Gasteiger partial charge in [-0.25, -0.2) is 9.97 Å². The molecule has 0 radical (unpaired) electrons. The van der Waals surface area contributed by atoms with Crippen molar-refractivity contribution in [3.05, 3.63) is 16.3 Å². The summed E-state index contributed by atoms with van der Waals surface area (Å²) >= 11 is 1.81. The van der Waals surface area contributed by atoms with Gasteiger partial charge in [0, 0.05) is 10.9 Å². The van der Waals surface area contributed by atoms with Crippen LogP contribution in [0.15, 0.2) is 0 Å². The van der Waals surface area contributed by atoms with Crippen molar-refractivity contribution < 1.29 is 5.11 Å². The van der Waals surface area contributed by atoms with E-state index in [1.54, 1.807) is 0 Å². The van der Waals surface area contributed by atoms with Crippen molar-refractivity contribution in [2.45, 2.75) is 45.6 Å². The van der Waals surface area contributed by atoms with Gasteiger partial charge in [0.25, 0.3) is 0 Å². The van der Waals surface area contributed by atoms with Gasteiger partial charge in [-0.05, 0) is 45.1 Å². The summed E-state index contributed by atoms with van der Waals surface area (Å²) in [4.78, 5) is 11.7. The molecule has 1 aliphatic carbocycles. The number of hydrogen-bond donors (Lipinski definition) is 2. The Morgan fingerprint density at radius 3 is 2.89 bits per heavy atom. The molecule has 0 bridgehead atoms. The van der Waals surface area contributed by atoms with Crippen molar-refractivity contribution in [3.63, 3.8) is 0 Å². The molecule has 2 aromatic heterocycles. The van der Waals surface area contributed by atoms with E-state index in [1.165, 1.54) is 35.1 Å². The molecule has 0 saturated carbocycles. The number of nitrogens with one attached hydrogen (secondary N) is 1. The maximum absolute atomic E-state index is 9.22. The van der Waals surface area contributed by atoms with Crippen molar-refractivity contribution in [1.29, 1.82) is 0 Å². The lowest BCUT2D eigenvalue weighted by atomic mass is 9.97. The van der Waals surface area contributed by atoms with Gasteiger partial charge in [-0.1, -0.05) is 0 Å². The highest BCUT2D eigenvalue weighted by Gasteiger charge is 2.21. The van der Waals surface area contributed by atoms with E-state index in [2.05, 4.69) is 15.3 Å². The number of rotatable bonds is 3. The minimum atomic E-state index is 0.0108. The van der Waals surface area contributed by atoms with Gasteiger partial charge in [0.15, 0.2) is 0 Å². The van der Waals surface area contributed by atoms with E-state index in [-0.39, 0.29) is 12.6 Å². The monoisotopic (exact) mass is 277 g/mol. The first-order chi connectivity index (χ1) is 9.19. The van der Waals surface area contributed by atoms with Crippen LogP contribution in [0.25, 0.3) is 10.2 Å². The van der Waals surface area contributed by atoms with Crippen LogP contribution in [0.5, 0.6) is 0 Å². The fourth-order valence-corrected chi connectivity index (χ4v) is 3.95. The molecule has 5 heteroatoms. The largest absolute Gasteiger partial charge is 0.394 e. The van der Waals surface area contributed by atoms with Crippen LogP contribution in [0, 0.1) is 6.92 Å². The van der Waals surface area contributed by atoms with Crippen LogP contribution in [0.3, 0.4) is 0 Å². The number of nitrogens with zero attached hydrogens (tertiary/aromatic N) is 2. The highest BCUT2D eigenvalue weighted by Crippen LogP contribution is 2.38. The summed E-state index contributed by atoms with van der Waals surface area (Å²) < 4.78 is 0. The molecule has 3 rings (SSSR count). The summed E-state index contributed by atoms with van der Waals surface area (Å²) in [6, 6.07) is 0.0108. The Morgan fingerprint density at radius 1 is 1.32 bits per heavy atom. The Balaban J connectivity index is 2.15. The number of thiophene rings is 1. The molecule has 2 aromatic rings. The molecule has 4 nitrogen and oxygen atoms in total. The molecule has 0 aliphatic heterocycles. The predicted molar refractivity (Wildman–Crippen MR) is 79.0 cm³/mol. The molecular formula is C14H19N3OS. The first-order valence-electron chi connectivity index (χ1n) is 6.85. The van der Waals surface area contributed by atoms with Crippen LogP contribution in [0.4, 0.5) is 5.82 Å². The van der Waals surface area contributed by atoms with Crippen molar-refractivity contribution in [1.82, 2.24) is 9.97 Å². The molecule has 1 atom stereocenters. The lowest BCUT2D eigenvalue weighted by molar-refractivity contribution is 0.281. The van der Waals surface area contributed by atoms with E-state index in [1.807, 2.05) is 25.2 Å². The summed E-state index contributed by atoms with van der Waals surface area (Å²) in [7, 11) is 0. The molecule has 0 saturated heterocycles. The topological polar surface area (TPSA) is 58.0 Å². The first kappa shape index (κ1) is 12.8. The average molecular weight is 277 g/mol. The van der Waals surface area contributed by atoms with Gasteiger partial charge >= 0.3 is 0 Å². The highest BCUT2D eigenvalue weighted by molar-refractivity contribution is 7.19. The van der Waals surface area contributed by atoms with Crippen LogP contribution in [0.2, 0.25) is 0 Å². The summed E-state index contributed by atoms with van der Waals surface area (Å²) in [6.45, 7) is 3.99. The predicted octanol–water partition coefficient (Wildman–Crippen LogP) is 2.67. The van der Waals surface area contributed by atoms with Gasteiger partial charge < -0.3 is 10.4 Å². The second-order valence-electron chi connectivity index (χ2n) is 5.24. The van der Waals surface area contributed by atoms with Gasteiger partial charge in [0.1, 0.15) is 16.5 Å². The highest BCUT2D eigenvalue weighted by atomic mass is 32.1. The summed E-state index contributed by atoms with van der Waals surface area (Å²) in [5.41, 5.74) is 1.43. The molecule has 1 unspecified atom stereocenters. The molecule has 2 heterocycles. The van der Waals surface area contributed by atoms with Crippen molar-refractivity contribution in [2.75, 3.05) is 11.9 Å². The van der Waals surface area contributed by atoms with E-state index in [0.29, 0.717) is 0 Å². The van der Waals surface area contributed by atoms with Crippen LogP contribution in [-0.2, 0) is 12.8 Å². The second-order valence-corrected chi connectivity index (χ2v) is 6.32. The van der Waals surface area contributed by atoms with Gasteiger partial charge in [-0.3, -0.25) is 0 Å². The maximum Gasteiger partial charge on any atom is 0.139 e. The second kappa shape index (κ2) is 5.06. The molecule has 0 amide bonds. The zero-order valence-electron chi connectivity index (χ0n) is 11.4. The standard InChI is InChI=1S/C14H19N3OS/c1-8(7-18)15-13-12-10-5-3-4-6-11(10)19-14(12)17-9(2)16-13/h8,18H,3-7H2,1-2H3,(H,15,16,17). The number of aliphatic hydroxyl groups is 1. The molecule has 19 heavy (non-hydrogen) atoms. The van der Waals surface area contributed by atoms with Gasteiger partial charge in [0.05, 0.1) is 12.0 Å². The molecule has 0 spiro atoms. The Labute approximate surface area is 116 Å². The lowest BCUT2D eigenvalue weighted by Gasteiger charge is -2.15. The van der Waals surface area contributed by atoms with E-state index >= 15 is 0 Å². The average Bonchev–Trinajstić information content (AvgIpc) is 2.76. The van der Waals surface area contributed by atoms with E-state index in [0.717, 1.165) is 22.9 Å². The van der Waals surface area contributed by atoms with Crippen molar-refractivity contribution in [2.24, 2.45) is 0 Å². The Hall–Kier alpha value is -1.20. The van der Waals surface area contributed by atoms with Gasteiger partial charge in [0.2, 0.25) is 0 Å². The summed E-state index contributed by atoms with van der Waals surface area (Å²) in [5, 5.41) is 13.7. The number of aryl methyl sites for hydroxylation is 3. The van der Waals surface area contributed by atoms with E-state index in [4.69, 9.17) is 0 Å². The number of anilines is 1. The molecule has 0 aromatic carbocycles. The third kappa shape index (κ3) is 2.32. The Morgan fingerprint density at radius 2 is 2.11 bits per heavy atom. The van der Waals surface area contributed by atoms with Crippen LogP contribution < -0.4 is 5.32 Å². The van der Waals surface area contributed by atoms with Gasteiger partial charge in [-0.15, -0.1) is 11.3 Å². The van der Waals surface area contributed by atoms with E-state index < -0.39 is 0 Å². The van der Waals surface area contributed by atoms with Crippen molar-refractivity contribution in [3.8, 4) is 0 Å². The van der Waals surface area contributed by atoms with Crippen LogP contribution in [0.1, 0.15) is 36.0 Å². The maximum atomic E-state index is 9.22. The minimum absolute atomic E-state index is 0.0108. The Kier molecular flexibility index (Phi) is 3.41. The zero-order valence-corrected chi connectivity index (χ0v) is 12.2. The van der Waals surface area contributed by atoms with E-state index in [9.17, 15) is 5.11 Å². The third-order valence-electron chi connectivity index (χ3n) is 3.58. The van der Waals surface area contributed by atoms with Crippen LogP contribution >= 0.6 is 11.3 Å². The quantitative estimate of drug-likeness (QED) is 0.905. The third-order valence-corrected chi connectivity index (χ3v) is 4.77. The first-order valence-corrected chi connectivity index (χ1v) is 7.67. The SMILES string of the molecule is Cc1nc(NC(C)CO)c2c3c(sc2n1)CCCC3. The number of hydrogen-bond acceptors (Lipinski definition) is 5. The summed E-state index contributed by atoms with van der Waals surface area (Å²) in [5.74, 6) is 1.68. The zero-order chi connectivity index (χ0) is 13.4. The number of aliphatic hydroxyl groups excluding tert-OH is 1. The molecule has 1 aliphatic rings. The summed E-state index contributed by atoms with van der Waals surface area (Å²) in [6.07, 6.45) is 4.83. The van der Waals surface area contributed by atoms with Crippen molar-refractivity contribution >= 4 is 27.4 Å². The molecule has 0 fully saturated rings. The fraction of sp³-hybridized carbons (Fsp3) is 0.571. The fourth-order valence-electron chi connectivity index (χ4n) is 2.65. The smallest absolute Gasteiger partial charge is 0.139 e. The lowest BCUT2D eigenvalue weighted by Crippen LogP contribution is -2.20. The number of fused-ring (bicyclic) bond motifs is 3. The molecule has 2 N–H and O–H groups in total. The molecule has 102 valence electrons. The van der Waals surface area contributed by atoms with Gasteiger partial charge in [-0.2, -0.15) is 0 Å². The Bertz CT molecular complexity index is 608. The van der Waals surface area contributed by atoms with Crippen LogP contribution in [-0.4, -0.2) is 27.7 Å². The normalized spacial score (nSPS) is 16.4.